The molecule has 1 aromatic heterocycles. The zero-order valence-corrected chi connectivity index (χ0v) is 11.7. The Balaban J connectivity index is 2.40. The molecule has 0 spiro atoms. The molecule has 1 aromatic rings. The molecule has 0 radical (unpaired) electrons. The Labute approximate surface area is 114 Å². The molecule has 18 heavy (non-hydrogen) atoms. The summed E-state index contributed by atoms with van der Waals surface area (Å²) in [5, 5.41) is 12.6. The van der Waals surface area contributed by atoms with Crippen molar-refractivity contribution in [1.29, 1.82) is 5.26 Å². The first kappa shape index (κ1) is 13.1. The number of carbonyl (C=O) groups excluding carboxylic acids is 1. The standard InChI is InChI=1S/C11H14N4OS2/c1-14-10(16)9-8(13)7(6-12)11(18-9)15-2-4-17-5-3-15/h2-5,13H2,1H3,(H,14,16). The predicted molar refractivity (Wildman–Crippen MR) is 76.4 cm³/mol. The smallest absolute Gasteiger partial charge is 0.263 e. The summed E-state index contributed by atoms with van der Waals surface area (Å²) in [6.45, 7) is 1.79. The number of thiophene rings is 1. The molecule has 3 N–H and O–H groups in total. The molecular formula is C11H14N4OS2. The van der Waals surface area contributed by atoms with E-state index >= 15 is 0 Å². The van der Waals surface area contributed by atoms with Crippen LogP contribution >= 0.6 is 23.1 Å². The predicted octanol–water partition coefficient (Wildman–Crippen LogP) is 1.11. The van der Waals surface area contributed by atoms with E-state index in [9.17, 15) is 10.1 Å². The SMILES string of the molecule is CNC(=O)c1sc(N2CCSCC2)c(C#N)c1N. The summed E-state index contributed by atoms with van der Waals surface area (Å²) in [6, 6.07) is 2.12. The van der Waals surface area contributed by atoms with Crippen molar-refractivity contribution in [1.82, 2.24) is 5.32 Å². The van der Waals surface area contributed by atoms with Crippen molar-refractivity contribution < 1.29 is 4.79 Å². The second-order valence-electron chi connectivity index (χ2n) is 3.82. The van der Waals surface area contributed by atoms with Crippen molar-refractivity contribution in [2.45, 2.75) is 0 Å². The zero-order valence-electron chi connectivity index (χ0n) is 10.0. The van der Waals surface area contributed by atoms with Gasteiger partial charge in [-0.25, -0.2) is 0 Å². The lowest BCUT2D eigenvalue weighted by Gasteiger charge is -2.27. The molecule has 1 fully saturated rings. The maximum absolute atomic E-state index is 11.7. The molecule has 2 heterocycles. The van der Waals surface area contributed by atoms with Gasteiger partial charge >= 0.3 is 0 Å². The molecule has 7 heteroatoms. The molecule has 1 aliphatic rings. The Bertz CT molecular complexity index is 500. The highest BCUT2D eigenvalue weighted by Gasteiger charge is 2.24. The number of carbonyl (C=O) groups is 1. The van der Waals surface area contributed by atoms with Crippen LogP contribution in [0.2, 0.25) is 0 Å². The average Bonchev–Trinajstić information content (AvgIpc) is 2.76. The van der Waals surface area contributed by atoms with Crippen molar-refractivity contribution in [3.05, 3.63) is 10.4 Å². The van der Waals surface area contributed by atoms with Gasteiger partial charge in [0, 0.05) is 31.6 Å². The number of rotatable bonds is 2. The zero-order chi connectivity index (χ0) is 13.1. The lowest BCUT2D eigenvalue weighted by atomic mass is 10.2. The van der Waals surface area contributed by atoms with Crippen LogP contribution < -0.4 is 16.0 Å². The van der Waals surface area contributed by atoms with Crippen molar-refractivity contribution in [3.8, 4) is 6.07 Å². The van der Waals surface area contributed by atoms with Crippen LogP contribution in [0.5, 0.6) is 0 Å². The number of nitrogens with one attached hydrogen (secondary N) is 1. The molecule has 0 aliphatic carbocycles. The van der Waals surface area contributed by atoms with E-state index in [2.05, 4.69) is 16.3 Å². The minimum Gasteiger partial charge on any atom is -0.396 e. The summed E-state index contributed by atoms with van der Waals surface area (Å²) in [5.74, 6) is 1.85. The molecule has 1 amide bonds. The van der Waals surface area contributed by atoms with Crippen LogP contribution in [0.25, 0.3) is 0 Å². The molecule has 96 valence electrons. The number of nitrogens with zero attached hydrogens (tertiary/aromatic N) is 2. The first-order valence-electron chi connectivity index (χ1n) is 5.56. The molecule has 0 atom stereocenters. The summed E-state index contributed by atoms with van der Waals surface area (Å²) in [4.78, 5) is 14.3. The van der Waals surface area contributed by atoms with E-state index in [0.717, 1.165) is 29.6 Å². The third-order valence-corrected chi connectivity index (χ3v) is 4.98. The lowest BCUT2D eigenvalue weighted by Crippen LogP contribution is -2.32. The molecule has 0 unspecified atom stereocenters. The molecule has 2 rings (SSSR count). The van der Waals surface area contributed by atoms with E-state index in [-0.39, 0.29) is 5.91 Å². The number of anilines is 2. The Morgan fingerprint density at radius 2 is 2.17 bits per heavy atom. The molecule has 5 nitrogen and oxygen atoms in total. The van der Waals surface area contributed by atoms with Crippen molar-refractivity contribution >= 4 is 39.7 Å². The first-order chi connectivity index (χ1) is 8.69. The third-order valence-electron chi connectivity index (χ3n) is 2.77. The highest BCUT2D eigenvalue weighted by molar-refractivity contribution is 7.99. The van der Waals surface area contributed by atoms with Gasteiger partial charge in [0.05, 0.1) is 5.69 Å². The third kappa shape index (κ3) is 2.26. The van der Waals surface area contributed by atoms with Crippen molar-refractivity contribution in [3.63, 3.8) is 0 Å². The molecule has 0 bridgehead atoms. The Morgan fingerprint density at radius 1 is 1.50 bits per heavy atom. The Hall–Kier alpha value is -1.39. The molecule has 1 saturated heterocycles. The minimum absolute atomic E-state index is 0.230. The van der Waals surface area contributed by atoms with E-state index < -0.39 is 0 Å². The normalized spacial score (nSPS) is 15.2. The van der Waals surface area contributed by atoms with Gasteiger partial charge in [-0.15, -0.1) is 11.3 Å². The van der Waals surface area contributed by atoms with E-state index in [0.29, 0.717) is 16.1 Å². The van der Waals surface area contributed by atoms with Gasteiger partial charge in [-0.1, -0.05) is 0 Å². The molecule has 0 saturated carbocycles. The number of hydrogen-bond acceptors (Lipinski definition) is 6. The van der Waals surface area contributed by atoms with Gasteiger partial charge < -0.3 is 16.0 Å². The molecule has 1 aliphatic heterocycles. The van der Waals surface area contributed by atoms with Crippen LogP contribution in [-0.4, -0.2) is 37.6 Å². The number of nitrogen functional groups attached to an aromatic ring is 1. The summed E-state index contributed by atoms with van der Waals surface area (Å²) in [7, 11) is 1.56. The molecule has 0 aromatic carbocycles. The summed E-state index contributed by atoms with van der Waals surface area (Å²) >= 11 is 3.21. The second-order valence-corrected chi connectivity index (χ2v) is 6.04. The number of thioether (sulfide) groups is 1. The lowest BCUT2D eigenvalue weighted by molar-refractivity contribution is 0.0968. The number of nitriles is 1. The fraction of sp³-hybridized carbons (Fsp3) is 0.455. The van der Waals surface area contributed by atoms with Crippen LogP contribution in [0.3, 0.4) is 0 Å². The topological polar surface area (TPSA) is 82.2 Å². The monoisotopic (exact) mass is 282 g/mol. The van der Waals surface area contributed by atoms with E-state index in [1.807, 2.05) is 11.8 Å². The van der Waals surface area contributed by atoms with Crippen molar-refractivity contribution in [2.24, 2.45) is 0 Å². The maximum Gasteiger partial charge on any atom is 0.263 e. The van der Waals surface area contributed by atoms with Gasteiger partial charge in [0.2, 0.25) is 0 Å². The number of amides is 1. The van der Waals surface area contributed by atoms with Crippen LogP contribution in [-0.2, 0) is 0 Å². The Morgan fingerprint density at radius 3 is 2.72 bits per heavy atom. The van der Waals surface area contributed by atoms with Crippen LogP contribution in [0.1, 0.15) is 15.2 Å². The minimum atomic E-state index is -0.230. The fourth-order valence-electron chi connectivity index (χ4n) is 1.81. The van der Waals surface area contributed by atoms with Crippen LogP contribution in [0.4, 0.5) is 10.7 Å². The van der Waals surface area contributed by atoms with Crippen molar-refractivity contribution in [2.75, 3.05) is 42.3 Å². The summed E-state index contributed by atoms with van der Waals surface area (Å²) < 4.78 is 0. The largest absolute Gasteiger partial charge is 0.396 e. The fourth-order valence-corrected chi connectivity index (χ4v) is 3.88. The summed E-state index contributed by atoms with van der Waals surface area (Å²) in [6.07, 6.45) is 0. The first-order valence-corrected chi connectivity index (χ1v) is 7.53. The average molecular weight is 282 g/mol. The highest BCUT2D eigenvalue weighted by Crippen LogP contribution is 2.38. The quantitative estimate of drug-likeness (QED) is 0.849. The molecular weight excluding hydrogens is 268 g/mol. The maximum atomic E-state index is 11.7. The van der Waals surface area contributed by atoms with E-state index in [1.165, 1.54) is 11.3 Å². The highest BCUT2D eigenvalue weighted by atomic mass is 32.2. The van der Waals surface area contributed by atoms with Crippen LogP contribution in [0.15, 0.2) is 0 Å². The van der Waals surface area contributed by atoms with E-state index in [1.54, 1.807) is 7.05 Å². The van der Waals surface area contributed by atoms with Gasteiger partial charge in [-0.3, -0.25) is 4.79 Å². The number of nitrogens with two attached hydrogens (primary N) is 1. The van der Waals surface area contributed by atoms with Gasteiger partial charge in [-0.05, 0) is 0 Å². The van der Waals surface area contributed by atoms with Gasteiger partial charge in [0.25, 0.3) is 5.91 Å². The van der Waals surface area contributed by atoms with Gasteiger partial charge in [0.1, 0.15) is 21.5 Å². The van der Waals surface area contributed by atoms with Gasteiger partial charge in [0.15, 0.2) is 0 Å². The number of hydrogen-bond donors (Lipinski definition) is 2. The van der Waals surface area contributed by atoms with Gasteiger partial charge in [-0.2, -0.15) is 17.0 Å². The van der Waals surface area contributed by atoms with E-state index in [4.69, 9.17) is 5.73 Å². The Kier molecular flexibility index (Phi) is 3.99. The van der Waals surface area contributed by atoms with Crippen LogP contribution in [0, 0.1) is 11.3 Å². The second kappa shape index (κ2) is 5.50. The summed E-state index contributed by atoms with van der Waals surface area (Å²) in [5.41, 5.74) is 6.63.